The topological polar surface area (TPSA) is 35.8 Å². The van der Waals surface area contributed by atoms with E-state index in [0.717, 1.165) is 16.2 Å². The number of aryl methyl sites for hydroxylation is 1. The smallest absolute Gasteiger partial charge is 0.165 e. The quantitative estimate of drug-likeness (QED) is 0.382. The van der Waals surface area contributed by atoms with E-state index in [-0.39, 0.29) is 0 Å². The minimum Gasteiger partial charge on any atom is -0.282 e. The van der Waals surface area contributed by atoms with Gasteiger partial charge in [-0.1, -0.05) is 71.8 Å². The Kier molecular flexibility index (Phi) is 4.94. The summed E-state index contributed by atoms with van der Waals surface area (Å²) in [6.45, 7) is 2.02. The third kappa shape index (κ3) is 3.65. The molecule has 4 heteroatoms. The third-order valence-corrected chi connectivity index (χ3v) is 3.91. The van der Waals surface area contributed by atoms with Crippen molar-refractivity contribution >= 4 is 28.8 Å². The maximum Gasteiger partial charge on any atom is 0.165 e. The minimum absolute atomic E-state index is 0.411. The Hall–Kier alpha value is -2.62. The molecule has 0 aliphatic heterocycles. The number of rotatable bonds is 3. The van der Waals surface area contributed by atoms with E-state index in [1.807, 2.05) is 79.7 Å². The van der Waals surface area contributed by atoms with Crippen LogP contribution in [0.1, 0.15) is 11.1 Å². The number of amidine groups is 1. The standard InChI is InChI=1S/C20H17ClN2O/c1-15-11-13-16(14-12-15)20(22-19-10-6-5-9-18(19)21)23(24)17-7-3-2-4-8-17/h2-14,24H,1H3. The van der Waals surface area contributed by atoms with Gasteiger partial charge in [0.15, 0.2) is 5.84 Å². The van der Waals surface area contributed by atoms with Crippen LogP contribution in [0.4, 0.5) is 11.4 Å². The fourth-order valence-corrected chi connectivity index (χ4v) is 2.46. The normalized spacial score (nSPS) is 11.4. The molecule has 0 radical (unpaired) electrons. The second-order valence-electron chi connectivity index (χ2n) is 5.40. The number of halogens is 1. The number of anilines is 1. The summed E-state index contributed by atoms with van der Waals surface area (Å²) in [4.78, 5) is 4.59. The molecule has 3 aromatic rings. The van der Waals surface area contributed by atoms with Crippen molar-refractivity contribution in [2.75, 3.05) is 5.06 Å². The van der Waals surface area contributed by atoms with Crippen molar-refractivity contribution in [3.8, 4) is 0 Å². The van der Waals surface area contributed by atoms with Gasteiger partial charge in [0.2, 0.25) is 0 Å². The van der Waals surface area contributed by atoms with Crippen LogP contribution < -0.4 is 5.06 Å². The van der Waals surface area contributed by atoms with E-state index >= 15 is 0 Å². The summed E-state index contributed by atoms with van der Waals surface area (Å²) >= 11 is 6.22. The molecule has 0 saturated carbocycles. The molecule has 0 aliphatic carbocycles. The van der Waals surface area contributed by atoms with Crippen LogP contribution in [0.3, 0.4) is 0 Å². The zero-order valence-corrected chi connectivity index (χ0v) is 14.0. The van der Waals surface area contributed by atoms with Crippen molar-refractivity contribution in [2.45, 2.75) is 6.92 Å². The highest BCUT2D eigenvalue weighted by Gasteiger charge is 2.14. The first kappa shape index (κ1) is 16.2. The monoisotopic (exact) mass is 336 g/mol. The largest absolute Gasteiger partial charge is 0.282 e. The molecule has 3 nitrogen and oxygen atoms in total. The van der Waals surface area contributed by atoms with Gasteiger partial charge in [-0.15, -0.1) is 0 Å². The summed E-state index contributed by atoms with van der Waals surface area (Å²) < 4.78 is 0. The molecule has 0 atom stereocenters. The van der Waals surface area contributed by atoms with Gasteiger partial charge in [-0.05, 0) is 31.2 Å². The van der Waals surface area contributed by atoms with Crippen LogP contribution >= 0.6 is 11.6 Å². The lowest BCUT2D eigenvalue weighted by molar-refractivity contribution is 0.313. The Balaban J connectivity index is 2.10. The van der Waals surface area contributed by atoms with Crippen molar-refractivity contribution in [3.05, 3.63) is 95.0 Å². The summed E-state index contributed by atoms with van der Waals surface area (Å²) in [5, 5.41) is 12.3. The average Bonchev–Trinajstić information content (AvgIpc) is 2.62. The number of nitrogens with zero attached hydrogens (tertiary/aromatic N) is 2. The number of benzene rings is 3. The average molecular weight is 337 g/mol. The van der Waals surface area contributed by atoms with Gasteiger partial charge in [-0.3, -0.25) is 5.21 Å². The Morgan fingerprint density at radius 2 is 1.50 bits per heavy atom. The first-order chi connectivity index (χ1) is 11.6. The van der Waals surface area contributed by atoms with E-state index in [9.17, 15) is 5.21 Å². The van der Waals surface area contributed by atoms with Crippen molar-refractivity contribution in [2.24, 2.45) is 4.99 Å². The van der Waals surface area contributed by atoms with E-state index in [0.29, 0.717) is 22.2 Å². The van der Waals surface area contributed by atoms with Gasteiger partial charge in [0.1, 0.15) is 0 Å². The molecule has 24 heavy (non-hydrogen) atoms. The summed E-state index contributed by atoms with van der Waals surface area (Å²) in [6, 6.07) is 24.4. The zero-order valence-electron chi connectivity index (χ0n) is 13.2. The molecule has 0 spiro atoms. The molecular formula is C20H17ClN2O. The SMILES string of the molecule is Cc1ccc(C(=Nc2ccccc2Cl)N(O)c2ccccc2)cc1. The number of hydrogen-bond acceptors (Lipinski definition) is 2. The molecular weight excluding hydrogens is 320 g/mol. The van der Waals surface area contributed by atoms with E-state index in [4.69, 9.17) is 11.6 Å². The second-order valence-corrected chi connectivity index (χ2v) is 5.81. The van der Waals surface area contributed by atoms with Crippen LogP contribution in [-0.4, -0.2) is 11.0 Å². The molecule has 3 aromatic carbocycles. The van der Waals surface area contributed by atoms with Crippen LogP contribution in [0.2, 0.25) is 5.02 Å². The van der Waals surface area contributed by atoms with Crippen LogP contribution in [0, 0.1) is 6.92 Å². The maximum absolute atomic E-state index is 10.7. The Morgan fingerprint density at radius 1 is 0.875 bits per heavy atom. The molecule has 1 N–H and O–H groups in total. The lowest BCUT2D eigenvalue weighted by atomic mass is 10.1. The fourth-order valence-electron chi connectivity index (χ4n) is 2.28. The Bertz CT molecular complexity index is 845. The first-order valence-corrected chi connectivity index (χ1v) is 7.97. The number of para-hydroxylation sites is 2. The second kappa shape index (κ2) is 7.30. The molecule has 120 valence electrons. The fraction of sp³-hybridized carbons (Fsp3) is 0.0500. The Morgan fingerprint density at radius 3 is 2.17 bits per heavy atom. The van der Waals surface area contributed by atoms with Crippen LogP contribution in [0.25, 0.3) is 0 Å². The predicted octanol–water partition coefficient (Wildman–Crippen LogP) is 5.62. The highest BCUT2D eigenvalue weighted by atomic mass is 35.5. The number of aliphatic imine (C=N–C) groups is 1. The molecule has 0 saturated heterocycles. The lowest BCUT2D eigenvalue weighted by Crippen LogP contribution is -2.27. The highest BCUT2D eigenvalue weighted by Crippen LogP contribution is 2.26. The molecule has 0 fully saturated rings. The Labute approximate surface area is 146 Å². The maximum atomic E-state index is 10.7. The van der Waals surface area contributed by atoms with Crippen molar-refractivity contribution in [1.29, 1.82) is 0 Å². The van der Waals surface area contributed by atoms with Crippen molar-refractivity contribution in [3.63, 3.8) is 0 Å². The molecule has 0 aliphatic rings. The summed E-state index contributed by atoms with van der Waals surface area (Å²) in [6.07, 6.45) is 0. The van der Waals surface area contributed by atoms with Gasteiger partial charge < -0.3 is 0 Å². The van der Waals surface area contributed by atoms with Gasteiger partial charge in [0, 0.05) is 5.56 Å². The predicted molar refractivity (Wildman–Crippen MR) is 99.5 cm³/mol. The summed E-state index contributed by atoms with van der Waals surface area (Å²) in [5.74, 6) is 0.411. The number of hydroxylamine groups is 1. The van der Waals surface area contributed by atoms with Crippen LogP contribution in [0.5, 0.6) is 0 Å². The molecule has 0 aromatic heterocycles. The van der Waals surface area contributed by atoms with Crippen molar-refractivity contribution < 1.29 is 5.21 Å². The van der Waals surface area contributed by atoms with Gasteiger partial charge in [-0.25, -0.2) is 10.1 Å². The number of hydrogen-bond donors (Lipinski definition) is 1. The van der Waals surface area contributed by atoms with Crippen LogP contribution in [-0.2, 0) is 0 Å². The molecule has 0 unspecified atom stereocenters. The van der Waals surface area contributed by atoms with E-state index in [1.165, 1.54) is 0 Å². The van der Waals surface area contributed by atoms with Gasteiger partial charge in [-0.2, -0.15) is 0 Å². The molecule has 0 heterocycles. The van der Waals surface area contributed by atoms with Gasteiger partial charge in [0.25, 0.3) is 0 Å². The van der Waals surface area contributed by atoms with Crippen LogP contribution in [0.15, 0.2) is 83.9 Å². The van der Waals surface area contributed by atoms with Gasteiger partial charge >= 0.3 is 0 Å². The first-order valence-electron chi connectivity index (χ1n) is 7.59. The molecule has 0 bridgehead atoms. The van der Waals surface area contributed by atoms with Gasteiger partial charge in [0.05, 0.1) is 16.4 Å². The zero-order chi connectivity index (χ0) is 16.9. The molecule has 3 rings (SSSR count). The third-order valence-electron chi connectivity index (χ3n) is 3.59. The summed E-state index contributed by atoms with van der Waals surface area (Å²) in [5.41, 5.74) is 3.17. The molecule has 0 amide bonds. The van der Waals surface area contributed by atoms with E-state index in [1.54, 1.807) is 6.07 Å². The van der Waals surface area contributed by atoms with E-state index < -0.39 is 0 Å². The minimum atomic E-state index is 0.411. The van der Waals surface area contributed by atoms with E-state index in [2.05, 4.69) is 4.99 Å². The highest BCUT2D eigenvalue weighted by molar-refractivity contribution is 6.33. The summed E-state index contributed by atoms with van der Waals surface area (Å²) in [7, 11) is 0. The van der Waals surface area contributed by atoms with Crippen molar-refractivity contribution in [1.82, 2.24) is 0 Å². The lowest BCUT2D eigenvalue weighted by Gasteiger charge is -2.20.